The lowest BCUT2D eigenvalue weighted by Gasteiger charge is -2.33. The molecule has 1 aromatic rings. The second kappa shape index (κ2) is 8.85. The summed E-state index contributed by atoms with van der Waals surface area (Å²) in [5, 5.41) is 7.15. The molecule has 0 radical (unpaired) electrons. The van der Waals surface area contributed by atoms with E-state index in [1.54, 1.807) is 12.1 Å². The van der Waals surface area contributed by atoms with Crippen molar-refractivity contribution in [3.63, 3.8) is 0 Å². The molecule has 2 aliphatic rings. The van der Waals surface area contributed by atoms with Crippen LogP contribution in [-0.4, -0.2) is 43.6 Å². The molecule has 1 saturated carbocycles. The summed E-state index contributed by atoms with van der Waals surface area (Å²) in [6.07, 6.45) is 7.57. The Hall–Kier alpha value is -1.62. The summed E-state index contributed by atoms with van der Waals surface area (Å²) < 4.78 is 13.0. The van der Waals surface area contributed by atoms with Crippen LogP contribution in [0.5, 0.6) is 0 Å². The molecule has 0 atom stereocenters. The van der Waals surface area contributed by atoms with E-state index in [2.05, 4.69) is 27.4 Å². The Morgan fingerprint density at radius 3 is 2.46 bits per heavy atom. The molecule has 2 fully saturated rings. The Morgan fingerprint density at radius 1 is 1.19 bits per heavy atom. The maximum Gasteiger partial charge on any atom is 0.191 e. The van der Waals surface area contributed by atoms with Crippen LogP contribution < -0.4 is 10.6 Å². The zero-order chi connectivity index (χ0) is 18.4. The minimum atomic E-state index is -0.165. The van der Waals surface area contributed by atoms with Crippen LogP contribution in [0.1, 0.15) is 51.0 Å². The lowest BCUT2D eigenvalue weighted by atomic mass is 9.89. The Morgan fingerprint density at radius 2 is 1.85 bits per heavy atom. The van der Waals surface area contributed by atoms with Crippen LogP contribution in [0, 0.1) is 11.2 Å². The Kier molecular flexibility index (Phi) is 6.52. The minimum absolute atomic E-state index is 0.165. The van der Waals surface area contributed by atoms with E-state index in [0.29, 0.717) is 11.5 Å². The fourth-order valence-electron chi connectivity index (χ4n) is 4.17. The number of nitrogens with one attached hydrogen (secondary N) is 2. The summed E-state index contributed by atoms with van der Waals surface area (Å²) in [4.78, 5) is 6.86. The lowest BCUT2D eigenvalue weighted by molar-refractivity contribution is 0.198. The normalized spacial score (nSPS) is 21.7. The van der Waals surface area contributed by atoms with Gasteiger partial charge in [-0.1, -0.05) is 31.9 Å². The van der Waals surface area contributed by atoms with E-state index in [-0.39, 0.29) is 5.82 Å². The molecule has 1 heterocycles. The molecule has 0 bridgehead atoms. The number of hydrogen-bond acceptors (Lipinski definition) is 2. The van der Waals surface area contributed by atoms with Crippen LogP contribution in [0.15, 0.2) is 29.3 Å². The van der Waals surface area contributed by atoms with Crippen molar-refractivity contribution in [3.8, 4) is 0 Å². The van der Waals surface area contributed by atoms with Crippen molar-refractivity contribution in [2.24, 2.45) is 10.4 Å². The topological polar surface area (TPSA) is 39.7 Å². The van der Waals surface area contributed by atoms with Crippen molar-refractivity contribution in [2.45, 2.75) is 58.0 Å². The summed E-state index contributed by atoms with van der Waals surface area (Å²) in [6.45, 7) is 6.41. The molecule has 1 aromatic carbocycles. The first-order valence-electron chi connectivity index (χ1n) is 10.0. The van der Waals surface area contributed by atoms with Crippen molar-refractivity contribution in [2.75, 3.05) is 26.7 Å². The SMILES string of the molecule is CN=C(NCC1(C)CCCC1)NC1CCN(Cc2ccc(F)cc2)CC1. The van der Waals surface area contributed by atoms with E-state index in [0.717, 1.165) is 45.0 Å². The van der Waals surface area contributed by atoms with Gasteiger partial charge in [0.25, 0.3) is 0 Å². The van der Waals surface area contributed by atoms with Gasteiger partial charge >= 0.3 is 0 Å². The highest BCUT2D eigenvalue weighted by Gasteiger charge is 2.29. The van der Waals surface area contributed by atoms with E-state index < -0.39 is 0 Å². The van der Waals surface area contributed by atoms with Crippen LogP contribution in [0.4, 0.5) is 4.39 Å². The van der Waals surface area contributed by atoms with Crippen LogP contribution >= 0.6 is 0 Å². The van der Waals surface area contributed by atoms with Gasteiger partial charge in [-0.3, -0.25) is 9.89 Å². The molecule has 0 unspecified atom stereocenters. The molecule has 0 spiro atoms. The van der Waals surface area contributed by atoms with Crippen LogP contribution in [0.3, 0.4) is 0 Å². The smallest absolute Gasteiger partial charge is 0.191 e. The first kappa shape index (κ1) is 19.2. The van der Waals surface area contributed by atoms with E-state index in [1.807, 2.05) is 19.2 Å². The second-order valence-electron chi connectivity index (χ2n) is 8.26. The second-order valence-corrected chi connectivity index (χ2v) is 8.26. The van der Waals surface area contributed by atoms with E-state index in [9.17, 15) is 4.39 Å². The van der Waals surface area contributed by atoms with Crippen molar-refractivity contribution >= 4 is 5.96 Å². The van der Waals surface area contributed by atoms with Crippen molar-refractivity contribution in [1.82, 2.24) is 15.5 Å². The van der Waals surface area contributed by atoms with Gasteiger partial charge in [0.1, 0.15) is 5.82 Å². The first-order chi connectivity index (χ1) is 12.6. The third-order valence-electron chi connectivity index (χ3n) is 5.96. The summed E-state index contributed by atoms with van der Waals surface area (Å²) in [6, 6.07) is 7.33. The first-order valence-corrected chi connectivity index (χ1v) is 10.0. The van der Waals surface area contributed by atoms with Gasteiger partial charge in [0.05, 0.1) is 0 Å². The molecule has 0 aromatic heterocycles. The third-order valence-corrected chi connectivity index (χ3v) is 5.96. The van der Waals surface area contributed by atoms with Gasteiger partial charge in [0.2, 0.25) is 0 Å². The summed E-state index contributed by atoms with van der Waals surface area (Å²) >= 11 is 0. The number of hydrogen-bond donors (Lipinski definition) is 2. The largest absolute Gasteiger partial charge is 0.356 e. The zero-order valence-corrected chi connectivity index (χ0v) is 16.2. The Bertz CT molecular complexity index is 585. The minimum Gasteiger partial charge on any atom is -0.356 e. The van der Waals surface area contributed by atoms with Crippen molar-refractivity contribution < 1.29 is 4.39 Å². The molecule has 3 rings (SSSR count). The molecule has 1 saturated heterocycles. The lowest BCUT2D eigenvalue weighted by Crippen LogP contribution is -2.50. The fourth-order valence-corrected chi connectivity index (χ4v) is 4.17. The number of nitrogens with zero attached hydrogens (tertiary/aromatic N) is 2. The zero-order valence-electron chi connectivity index (χ0n) is 16.2. The van der Waals surface area contributed by atoms with Gasteiger partial charge in [0, 0.05) is 39.3 Å². The van der Waals surface area contributed by atoms with Gasteiger partial charge in [-0.05, 0) is 48.8 Å². The molecule has 4 nitrogen and oxygen atoms in total. The average molecular weight is 361 g/mol. The van der Waals surface area contributed by atoms with E-state index >= 15 is 0 Å². The molecule has 2 N–H and O–H groups in total. The highest BCUT2D eigenvalue weighted by Crippen LogP contribution is 2.36. The van der Waals surface area contributed by atoms with Crippen LogP contribution in [-0.2, 0) is 6.54 Å². The highest BCUT2D eigenvalue weighted by molar-refractivity contribution is 5.80. The van der Waals surface area contributed by atoms with E-state index in [4.69, 9.17) is 0 Å². The van der Waals surface area contributed by atoms with Gasteiger partial charge in [-0.15, -0.1) is 0 Å². The van der Waals surface area contributed by atoms with Crippen molar-refractivity contribution in [1.29, 1.82) is 0 Å². The molecule has 1 aliphatic heterocycles. The maximum atomic E-state index is 13.0. The molecule has 0 amide bonds. The molecular weight excluding hydrogens is 327 g/mol. The Labute approximate surface area is 157 Å². The highest BCUT2D eigenvalue weighted by atomic mass is 19.1. The number of benzene rings is 1. The Balaban J connectivity index is 1.40. The molecule has 5 heteroatoms. The molecule has 144 valence electrons. The number of guanidine groups is 1. The van der Waals surface area contributed by atoms with Gasteiger partial charge in [-0.2, -0.15) is 0 Å². The molecule has 1 aliphatic carbocycles. The predicted molar refractivity (Wildman–Crippen MR) is 106 cm³/mol. The molecule has 26 heavy (non-hydrogen) atoms. The van der Waals surface area contributed by atoms with E-state index in [1.165, 1.54) is 31.2 Å². The van der Waals surface area contributed by atoms with Gasteiger partial charge < -0.3 is 10.6 Å². The quantitative estimate of drug-likeness (QED) is 0.623. The average Bonchev–Trinajstić information content (AvgIpc) is 3.09. The number of aliphatic imine (C=N–C) groups is 1. The summed E-state index contributed by atoms with van der Waals surface area (Å²) in [7, 11) is 1.86. The fraction of sp³-hybridized carbons (Fsp3) is 0.667. The monoisotopic (exact) mass is 360 g/mol. The third kappa shape index (κ3) is 5.44. The van der Waals surface area contributed by atoms with Gasteiger partial charge in [0.15, 0.2) is 5.96 Å². The summed E-state index contributed by atoms with van der Waals surface area (Å²) in [5.74, 6) is 0.775. The number of likely N-dealkylation sites (tertiary alicyclic amines) is 1. The summed E-state index contributed by atoms with van der Waals surface area (Å²) in [5.41, 5.74) is 1.61. The standard InChI is InChI=1S/C21H33FN4/c1-21(11-3-4-12-21)16-24-20(23-2)25-19-9-13-26(14-10-19)15-17-5-7-18(22)8-6-17/h5-8,19H,3-4,9-16H2,1-2H3,(H2,23,24,25). The van der Waals surface area contributed by atoms with Crippen LogP contribution in [0.25, 0.3) is 0 Å². The number of halogens is 1. The molecular formula is C21H33FN4. The van der Waals surface area contributed by atoms with Crippen molar-refractivity contribution in [3.05, 3.63) is 35.6 Å². The van der Waals surface area contributed by atoms with Gasteiger partial charge in [-0.25, -0.2) is 4.39 Å². The maximum absolute atomic E-state index is 13.0. The number of rotatable bonds is 5. The van der Waals surface area contributed by atoms with Crippen LogP contribution in [0.2, 0.25) is 0 Å². The number of piperidine rings is 1. The predicted octanol–water partition coefficient (Wildman–Crippen LogP) is 3.54.